The summed E-state index contributed by atoms with van der Waals surface area (Å²) in [5, 5.41) is 3.04. The van der Waals surface area contributed by atoms with Crippen molar-refractivity contribution in [2.45, 2.75) is 130 Å². The van der Waals surface area contributed by atoms with Crippen molar-refractivity contribution in [3.8, 4) is 0 Å². The Morgan fingerprint density at radius 3 is 2.21 bits per heavy atom. The van der Waals surface area contributed by atoms with Gasteiger partial charge in [0.2, 0.25) is 17.6 Å². The number of nitrogens with one attached hydrogen (secondary N) is 1. The van der Waals surface area contributed by atoms with Crippen LogP contribution in [0.25, 0.3) is 0 Å². The molecule has 0 spiro atoms. The van der Waals surface area contributed by atoms with Crippen LogP contribution < -0.4 is 5.32 Å². The molecular weight excluding hydrogens is 608 g/mol. The number of ketones is 4. The zero-order valence-corrected chi connectivity index (χ0v) is 29.6. The minimum Gasteiger partial charge on any atom is -0.344 e. The van der Waals surface area contributed by atoms with E-state index >= 15 is 0 Å². The smallest absolute Gasteiger partial charge is 0.246 e. The standard InChI is InChI=1S/C38H56N4O6/c1-6-10-27(36(46)33(45)19-25-13-14-25)20-32(44)35-28(23(2)3)15-18-42(35)38(48)34(24(4)5)41-37(47)29(26-11-8-7-9-12-26)21-31(43)30-22-39-16-17-40-30/h16-17,22-29,34-35H,6-15,18-21H2,1-5H3,(H,41,47)/t27-,28-,29+,34+,35+/m1/s1. The number of carbonyl (C=O) groups excluding carboxylic acids is 6. The molecule has 4 rings (SSSR count). The lowest BCUT2D eigenvalue weighted by Crippen LogP contribution is -2.56. The van der Waals surface area contributed by atoms with Crippen molar-refractivity contribution in [2.24, 2.45) is 41.4 Å². The number of nitrogens with zero attached hydrogens (tertiary/aromatic N) is 3. The maximum Gasteiger partial charge on any atom is 0.246 e. The molecule has 2 heterocycles. The van der Waals surface area contributed by atoms with E-state index < -0.39 is 29.7 Å². The van der Waals surface area contributed by atoms with Gasteiger partial charge in [-0.15, -0.1) is 0 Å². The average molecular weight is 665 g/mol. The topological polar surface area (TPSA) is 143 Å². The minimum absolute atomic E-state index is 0.0131. The Morgan fingerprint density at radius 2 is 1.62 bits per heavy atom. The van der Waals surface area contributed by atoms with Crippen molar-refractivity contribution in [3.63, 3.8) is 0 Å². The highest BCUT2D eigenvalue weighted by Gasteiger charge is 2.46. The predicted molar refractivity (Wildman–Crippen MR) is 182 cm³/mol. The second kappa shape index (κ2) is 17.4. The summed E-state index contributed by atoms with van der Waals surface area (Å²) in [4.78, 5) is 91.5. The van der Waals surface area contributed by atoms with Crippen LogP contribution in [0, 0.1) is 41.4 Å². The summed E-state index contributed by atoms with van der Waals surface area (Å²) in [5.41, 5.74) is 0.217. The fourth-order valence-electron chi connectivity index (χ4n) is 7.83. The Bertz CT molecular complexity index is 1300. The first-order valence-electron chi connectivity index (χ1n) is 18.4. The molecule has 2 amide bonds. The first-order chi connectivity index (χ1) is 22.9. The quantitative estimate of drug-likeness (QED) is 0.158. The van der Waals surface area contributed by atoms with E-state index in [1.54, 1.807) is 4.90 Å². The molecule has 0 radical (unpaired) electrons. The fourth-order valence-corrected chi connectivity index (χ4v) is 7.83. The fraction of sp³-hybridized carbons (Fsp3) is 0.737. The largest absolute Gasteiger partial charge is 0.344 e. The molecule has 1 saturated heterocycles. The summed E-state index contributed by atoms with van der Waals surface area (Å²) in [6.07, 6.45) is 13.0. The summed E-state index contributed by atoms with van der Waals surface area (Å²) in [5.74, 6) is -3.13. The van der Waals surface area contributed by atoms with Gasteiger partial charge in [0.05, 0.1) is 12.2 Å². The van der Waals surface area contributed by atoms with E-state index in [9.17, 15) is 28.8 Å². The maximum atomic E-state index is 14.4. The molecule has 1 aliphatic heterocycles. The van der Waals surface area contributed by atoms with Crippen LogP contribution in [0.1, 0.15) is 129 Å². The SMILES string of the molecule is CCC[C@H](CC(=O)[C@@H]1[C@@H](C(C)C)CCN1C(=O)[C@@H](NC(=O)[C@@H](CC(=O)c1cnccn1)C1CCCCC1)C(C)C)C(=O)C(=O)CC1CC1. The molecule has 1 N–H and O–H groups in total. The van der Waals surface area contributed by atoms with Crippen LogP contribution in [0.3, 0.4) is 0 Å². The zero-order chi connectivity index (χ0) is 35.0. The van der Waals surface area contributed by atoms with Gasteiger partial charge < -0.3 is 10.2 Å². The van der Waals surface area contributed by atoms with Crippen molar-refractivity contribution in [1.82, 2.24) is 20.2 Å². The van der Waals surface area contributed by atoms with Crippen molar-refractivity contribution >= 4 is 34.9 Å². The molecule has 48 heavy (non-hydrogen) atoms. The van der Waals surface area contributed by atoms with Crippen LogP contribution in [0.2, 0.25) is 0 Å². The number of rotatable bonds is 18. The third kappa shape index (κ3) is 9.65. The van der Waals surface area contributed by atoms with Crippen molar-refractivity contribution < 1.29 is 28.8 Å². The van der Waals surface area contributed by atoms with Gasteiger partial charge in [0.15, 0.2) is 17.3 Å². The number of hydrogen-bond donors (Lipinski definition) is 1. The van der Waals surface area contributed by atoms with Crippen LogP contribution >= 0.6 is 0 Å². The summed E-state index contributed by atoms with van der Waals surface area (Å²) >= 11 is 0. The van der Waals surface area contributed by atoms with Crippen LogP contribution in [-0.4, -0.2) is 68.4 Å². The van der Waals surface area contributed by atoms with Gasteiger partial charge in [-0.2, -0.15) is 0 Å². The van der Waals surface area contributed by atoms with Gasteiger partial charge in [0, 0.05) is 50.0 Å². The molecule has 0 unspecified atom stereocenters. The zero-order valence-electron chi connectivity index (χ0n) is 29.6. The maximum absolute atomic E-state index is 14.4. The van der Waals surface area contributed by atoms with E-state index in [0.717, 1.165) is 44.9 Å². The van der Waals surface area contributed by atoms with E-state index in [1.165, 1.54) is 18.6 Å². The molecule has 5 atom stereocenters. The van der Waals surface area contributed by atoms with Gasteiger partial charge in [-0.25, -0.2) is 4.98 Å². The monoisotopic (exact) mass is 664 g/mol. The molecule has 3 aliphatic rings. The Kier molecular flexibility index (Phi) is 13.6. The second-order valence-corrected chi connectivity index (χ2v) is 15.2. The average Bonchev–Trinajstić information content (AvgIpc) is 3.77. The third-order valence-electron chi connectivity index (χ3n) is 10.9. The van der Waals surface area contributed by atoms with E-state index in [2.05, 4.69) is 15.3 Å². The highest BCUT2D eigenvalue weighted by Crippen LogP contribution is 2.36. The highest BCUT2D eigenvalue weighted by atomic mass is 16.2. The number of Topliss-reactive ketones (excluding diaryl/α,β-unsaturated/α-hetero) is 4. The van der Waals surface area contributed by atoms with Crippen LogP contribution in [0.5, 0.6) is 0 Å². The van der Waals surface area contributed by atoms with Gasteiger partial charge in [-0.3, -0.25) is 33.8 Å². The van der Waals surface area contributed by atoms with Gasteiger partial charge in [0.1, 0.15) is 11.7 Å². The molecule has 0 aromatic carbocycles. The number of aromatic nitrogens is 2. The lowest BCUT2D eigenvalue weighted by molar-refractivity contribution is -0.145. The summed E-state index contributed by atoms with van der Waals surface area (Å²) in [6.45, 7) is 10.1. The minimum atomic E-state index is -0.885. The lowest BCUT2D eigenvalue weighted by atomic mass is 9.77. The lowest BCUT2D eigenvalue weighted by Gasteiger charge is -2.35. The molecule has 0 bridgehead atoms. The summed E-state index contributed by atoms with van der Waals surface area (Å²) < 4.78 is 0. The van der Waals surface area contributed by atoms with E-state index in [0.29, 0.717) is 31.7 Å². The van der Waals surface area contributed by atoms with E-state index in [4.69, 9.17) is 0 Å². The first kappa shape index (κ1) is 37.5. The summed E-state index contributed by atoms with van der Waals surface area (Å²) in [7, 11) is 0. The van der Waals surface area contributed by atoms with Crippen molar-refractivity contribution in [2.75, 3.05) is 6.54 Å². The van der Waals surface area contributed by atoms with Crippen LogP contribution in [-0.2, 0) is 24.0 Å². The molecule has 3 fully saturated rings. The van der Waals surface area contributed by atoms with Gasteiger partial charge in [-0.05, 0) is 68.1 Å². The first-order valence-corrected chi connectivity index (χ1v) is 18.4. The molecule has 1 aromatic heterocycles. The molecule has 10 heteroatoms. The van der Waals surface area contributed by atoms with Crippen molar-refractivity contribution in [3.05, 3.63) is 24.3 Å². The normalized spacial score (nSPS) is 21.9. The molecule has 10 nitrogen and oxygen atoms in total. The Hall–Kier alpha value is -3.30. The number of amides is 2. The molecule has 2 aliphatic carbocycles. The van der Waals surface area contributed by atoms with E-state index in [1.807, 2.05) is 34.6 Å². The van der Waals surface area contributed by atoms with Gasteiger partial charge in [-0.1, -0.05) is 60.3 Å². The number of likely N-dealkylation sites (tertiary alicyclic amines) is 1. The van der Waals surface area contributed by atoms with E-state index in [-0.39, 0.29) is 77.8 Å². The number of hydrogen-bond acceptors (Lipinski definition) is 8. The predicted octanol–water partition coefficient (Wildman–Crippen LogP) is 5.57. The molecule has 264 valence electrons. The second-order valence-electron chi connectivity index (χ2n) is 15.2. The Balaban J connectivity index is 1.53. The van der Waals surface area contributed by atoms with Crippen LogP contribution in [0.15, 0.2) is 18.6 Å². The van der Waals surface area contributed by atoms with Gasteiger partial charge >= 0.3 is 0 Å². The Labute approximate surface area is 286 Å². The molecule has 2 saturated carbocycles. The van der Waals surface area contributed by atoms with Crippen LogP contribution in [0.4, 0.5) is 0 Å². The number of carbonyl (C=O) groups is 6. The third-order valence-corrected chi connectivity index (χ3v) is 10.9. The summed E-state index contributed by atoms with van der Waals surface area (Å²) in [6, 6.07) is -1.61. The van der Waals surface area contributed by atoms with Crippen molar-refractivity contribution in [1.29, 1.82) is 0 Å². The Morgan fingerprint density at radius 1 is 0.917 bits per heavy atom. The van der Waals surface area contributed by atoms with Gasteiger partial charge in [0.25, 0.3) is 0 Å². The molecular formula is C38H56N4O6. The molecule has 1 aromatic rings. The highest BCUT2D eigenvalue weighted by molar-refractivity contribution is 6.38.